The van der Waals surface area contributed by atoms with E-state index in [2.05, 4.69) is 16.5 Å². The molecule has 1 N–H and O–H groups in total. The first kappa shape index (κ1) is 16.7. The number of carbonyl (C=O) groups excluding carboxylic acids is 2. The Bertz CT molecular complexity index is 708. The number of rotatable bonds is 6. The van der Waals surface area contributed by atoms with Gasteiger partial charge in [0.1, 0.15) is 5.82 Å². The van der Waals surface area contributed by atoms with Crippen LogP contribution in [0.4, 0.5) is 5.82 Å². The van der Waals surface area contributed by atoms with Crippen molar-refractivity contribution in [3.05, 3.63) is 34.2 Å². The summed E-state index contributed by atoms with van der Waals surface area (Å²) in [6.45, 7) is 4.08. The van der Waals surface area contributed by atoms with E-state index in [0.717, 1.165) is 30.9 Å². The van der Waals surface area contributed by atoms with Gasteiger partial charge in [0.2, 0.25) is 11.8 Å². The lowest BCUT2D eigenvalue weighted by Gasteiger charge is -2.27. The van der Waals surface area contributed by atoms with Crippen LogP contribution in [0.25, 0.3) is 0 Å². The summed E-state index contributed by atoms with van der Waals surface area (Å²) in [5.74, 6) is 0.771. The summed E-state index contributed by atoms with van der Waals surface area (Å²) in [6.07, 6.45) is 2.19. The first-order chi connectivity index (χ1) is 11.6. The van der Waals surface area contributed by atoms with Crippen LogP contribution in [0.5, 0.6) is 0 Å². The molecule has 24 heavy (non-hydrogen) atoms. The summed E-state index contributed by atoms with van der Waals surface area (Å²) in [7, 11) is 0. The van der Waals surface area contributed by atoms with Crippen molar-refractivity contribution in [3.8, 4) is 0 Å². The number of hydrogen-bond donors (Lipinski definition) is 1. The summed E-state index contributed by atoms with van der Waals surface area (Å²) in [4.78, 5) is 27.4. The van der Waals surface area contributed by atoms with Crippen LogP contribution >= 0.6 is 11.3 Å². The number of aryl methyl sites for hydroxylation is 2. The monoisotopic (exact) mass is 346 g/mol. The maximum Gasteiger partial charge on any atom is 0.228 e. The summed E-state index contributed by atoms with van der Waals surface area (Å²) in [5, 5.41) is 9.30. The van der Waals surface area contributed by atoms with Crippen molar-refractivity contribution in [3.63, 3.8) is 0 Å². The Balaban J connectivity index is 1.44. The van der Waals surface area contributed by atoms with Gasteiger partial charge in [0, 0.05) is 43.4 Å². The highest BCUT2D eigenvalue weighted by Crippen LogP contribution is 2.22. The quantitative estimate of drug-likeness (QED) is 0.871. The van der Waals surface area contributed by atoms with Crippen molar-refractivity contribution in [2.45, 2.75) is 39.2 Å². The van der Waals surface area contributed by atoms with E-state index in [0.29, 0.717) is 13.1 Å². The molecule has 2 amide bonds. The maximum absolute atomic E-state index is 12.4. The Morgan fingerprint density at radius 2 is 2.21 bits per heavy atom. The number of nitrogens with zero attached hydrogens (tertiary/aromatic N) is 3. The third-order valence-electron chi connectivity index (χ3n) is 4.05. The van der Waals surface area contributed by atoms with Gasteiger partial charge in [-0.05, 0) is 31.2 Å². The predicted octanol–water partition coefficient (Wildman–Crippen LogP) is 2.13. The second-order valence-corrected chi connectivity index (χ2v) is 6.98. The van der Waals surface area contributed by atoms with Crippen molar-refractivity contribution >= 4 is 29.0 Å². The van der Waals surface area contributed by atoms with E-state index in [1.807, 2.05) is 29.1 Å². The number of anilines is 1. The van der Waals surface area contributed by atoms with Gasteiger partial charge >= 0.3 is 0 Å². The molecule has 0 fully saturated rings. The van der Waals surface area contributed by atoms with Crippen LogP contribution in [0.2, 0.25) is 0 Å². The van der Waals surface area contributed by atoms with Crippen molar-refractivity contribution in [2.24, 2.45) is 0 Å². The number of fused-ring (bicyclic) bond motifs is 1. The second kappa shape index (κ2) is 7.61. The zero-order chi connectivity index (χ0) is 16.9. The van der Waals surface area contributed by atoms with Gasteiger partial charge in [-0.2, -0.15) is 5.10 Å². The molecule has 3 rings (SSSR count). The van der Waals surface area contributed by atoms with Gasteiger partial charge < -0.3 is 5.32 Å². The Hall–Kier alpha value is -2.15. The molecule has 6 nitrogen and oxygen atoms in total. The van der Waals surface area contributed by atoms with E-state index in [1.54, 1.807) is 16.2 Å². The van der Waals surface area contributed by atoms with Gasteiger partial charge in [-0.1, -0.05) is 6.07 Å². The standard InChI is InChI=1S/C17H22N4O2S/c1-13-12-16-20(9-3-10-21(16)19-13)17(23)6-5-15(22)18-8-7-14-4-2-11-24-14/h2,4,11-12H,3,5-10H2,1H3,(H,18,22). The molecule has 0 saturated carbocycles. The molecule has 1 aliphatic rings. The smallest absolute Gasteiger partial charge is 0.228 e. The third kappa shape index (κ3) is 4.03. The summed E-state index contributed by atoms with van der Waals surface area (Å²) in [5.41, 5.74) is 0.913. The van der Waals surface area contributed by atoms with Crippen LogP contribution in [0, 0.1) is 6.92 Å². The van der Waals surface area contributed by atoms with Crippen LogP contribution in [0.3, 0.4) is 0 Å². The summed E-state index contributed by atoms with van der Waals surface area (Å²) in [6, 6.07) is 5.99. The minimum atomic E-state index is -0.0680. The van der Waals surface area contributed by atoms with Gasteiger partial charge in [0.05, 0.1) is 5.69 Å². The van der Waals surface area contributed by atoms with E-state index >= 15 is 0 Å². The Morgan fingerprint density at radius 3 is 3.00 bits per heavy atom. The van der Waals surface area contributed by atoms with Crippen molar-refractivity contribution in [1.82, 2.24) is 15.1 Å². The molecule has 0 saturated heterocycles. The first-order valence-corrected chi connectivity index (χ1v) is 9.15. The average molecular weight is 346 g/mol. The minimum absolute atomic E-state index is 0.00995. The molecule has 128 valence electrons. The molecule has 0 radical (unpaired) electrons. The van der Waals surface area contributed by atoms with Crippen molar-refractivity contribution in [2.75, 3.05) is 18.0 Å². The molecule has 0 bridgehead atoms. The highest BCUT2D eigenvalue weighted by molar-refractivity contribution is 7.09. The Morgan fingerprint density at radius 1 is 1.33 bits per heavy atom. The number of nitrogens with one attached hydrogen (secondary N) is 1. The highest BCUT2D eigenvalue weighted by atomic mass is 32.1. The third-order valence-corrected chi connectivity index (χ3v) is 4.99. The molecule has 3 heterocycles. The van der Waals surface area contributed by atoms with Crippen LogP contribution in [0.1, 0.15) is 29.8 Å². The number of hydrogen-bond acceptors (Lipinski definition) is 4. The number of amides is 2. The molecule has 7 heteroatoms. The van der Waals surface area contributed by atoms with Gasteiger partial charge in [0.25, 0.3) is 0 Å². The normalized spacial score (nSPS) is 13.6. The summed E-state index contributed by atoms with van der Waals surface area (Å²) >= 11 is 1.69. The van der Waals surface area contributed by atoms with Crippen LogP contribution in [-0.2, 0) is 22.6 Å². The minimum Gasteiger partial charge on any atom is -0.356 e. The first-order valence-electron chi connectivity index (χ1n) is 8.27. The van der Waals surface area contributed by atoms with E-state index < -0.39 is 0 Å². The zero-order valence-electron chi connectivity index (χ0n) is 13.8. The van der Waals surface area contributed by atoms with E-state index in [9.17, 15) is 9.59 Å². The van der Waals surface area contributed by atoms with Gasteiger partial charge in [-0.25, -0.2) is 4.68 Å². The molecule has 0 unspecified atom stereocenters. The van der Waals surface area contributed by atoms with Gasteiger partial charge in [0.15, 0.2) is 0 Å². The average Bonchev–Trinajstić information content (AvgIpc) is 3.20. The number of carbonyl (C=O) groups is 2. The van der Waals surface area contributed by atoms with Crippen LogP contribution in [-0.4, -0.2) is 34.7 Å². The fourth-order valence-electron chi connectivity index (χ4n) is 2.88. The maximum atomic E-state index is 12.4. The SMILES string of the molecule is Cc1cc2n(n1)CCCN2C(=O)CCC(=O)NCCc1cccs1. The lowest BCUT2D eigenvalue weighted by Crippen LogP contribution is -2.38. The lowest BCUT2D eigenvalue weighted by molar-refractivity contribution is -0.125. The molecular weight excluding hydrogens is 324 g/mol. The van der Waals surface area contributed by atoms with E-state index in [4.69, 9.17) is 0 Å². The predicted molar refractivity (Wildman–Crippen MR) is 94.2 cm³/mol. The molecule has 0 atom stereocenters. The zero-order valence-corrected chi connectivity index (χ0v) is 14.6. The molecule has 2 aromatic rings. The Labute approximate surface area is 145 Å². The second-order valence-electron chi connectivity index (χ2n) is 5.95. The van der Waals surface area contributed by atoms with Crippen molar-refractivity contribution in [1.29, 1.82) is 0 Å². The molecule has 1 aliphatic heterocycles. The molecule has 0 spiro atoms. The molecule has 2 aromatic heterocycles. The topological polar surface area (TPSA) is 67.2 Å². The van der Waals surface area contributed by atoms with Crippen LogP contribution < -0.4 is 10.2 Å². The lowest BCUT2D eigenvalue weighted by atomic mass is 10.2. The van der Waals surface area contributed by atoms with Gasteiger partial charge in [-0.3, -0.25) is 14.5 Å². The summed E-state index contributed by atoms with van der Waals surface area (Å²) < 4.78 is 1.87. The van der Waals surface area contributed by atoms with Crippen LogP contribution in [0.15, 0.2) is 23.6 Å². The number of aromatic nitrogens is 2. The van der Waals surface area contributed by atoms with Crippen molar-refractivity contribution < 1.29 is 9.59 Å². The Kier molecular flexibility index (Phi) is 5.30. The fraction of sp³-hybridized carbons (Fsp3) is 0.471. The largest absolute Gasteiger partial charge is 0.356 e. The number of thiophene rings is 1. The molecule has 0 aromatic carbocycles. The van der Waals surface area contributed by atoms with E-state index in [1.165, 1.54) is 4.88 Å². The molecular formula is C17H22N4O2S. The fourth-order valence-corrected chi connectivity index (χ4v) is 3.59. The van der Waals surface area contributed by atoms with E-state index in [-0.39, 0.29) is 24.7 Å². The highest BCUT2D eigenvalue weighted by Gasteiger charge is 2.24. The molecule has 0 aliphatic carbocycles. The van der Waals surface area contributed by atoms with Gasteiger partial charge in [-0.15, -0.1) is 11.3 Å².